The van der Waals surface area contributed by atoms with E-state index in [4.69, 9.17) is 9.47 Å². The molecule has 0 amide bonds. The standard InChI is InChI=1S/C27H32FN7O2/c1-26(2)14-35(15-27(3,4)33-26)23-8-7-21(30-31-23)25-22(37-16-36-6)11-18(12-29-25)17-9-19-13-34(5)32-24(19)20(28)10-17/h7-13,33H,14-16H2,1-6H3. The Labute approximate surface area is 215 Å². The van der Waals surface area contributed by atoms with E-state index in [2.05, 4.69) is 58.2 Å². The molecule has 1 N–H and O–H groups in total. The number of anilines is 1. The molecule has 0 saturated carbocycles. The summed E-state index contributed by atoms with van der Waals surface area (Å²) < 4.78 is 27.3. The lowest BCUT2D eigenvalue weighted by Gasteiger charge is -2.48. The van der Waals surface area contributed by atoms with Gasteiger partial charge in [0.2, 0.25) is 0 Å². The van der Waals surface area contributed by atoms with Crippen molar-refractivity contribution in [2.75, 3.05) is 31.9 Å². The number of piperazine rings is 1. The summed E-state index contributed by atoms with van der Waals surface area (Å²) in [5.74, 6) is 0.886. The van der Waals surface area contributed by atoms with E-state index in [1.807, 2.05) is 24.3 Å². The second-order valence-corrected chi connectivity index (χ2v) is 10.8. The van der Waals surface area contributed by atoms with E-state index >= 15 is 0 Å². The SMILES string of the molecule is COCOc1cc(-c2cc(F)c3nn(C)cc3c2)cnc1-c1ccc(N2CC(C)(C)NC(C)(C)C2)nn1. The van der Waals surface area contributed by atoms with Crippen molar-refractivity contribution < 1.29 is 13.9 Å². The van der Waals surface area contributed by atoms with Crippen molar-refractivity contribution in [1.82, 2.24) is 30.3 Å². The highest BCUT2D eigenvalue weighted by molar-refractivity contribution is 5.85. The summed E-state index contributed by atoms with van der Waals surface area (Å²) in [6.07, 6.45) is 3.47. The Morgan fingerprint density at radius 3 is 2.46 bits per heavy atom. The molecule has 10 heteroatoms. The molecule has 37 heavy (non-hydrogen) atoms. The van der Waals surface area contributed by atoms with E-state index < -0.39 is 5.82 Å². The summed E-state index contributed by atoms with van der Waals surface area (Å²) in [4.78, 5) is 6.88. The summed E-state index contributed by atoms with van der Waals surface area (Å²) in [5, 5.41) is 17.6. The summed E-state index contributed by atoms with van der Waals surface area (Å²) in [5.41, 5.74) is 2.70. The maximum atomic E-state index is 14.7. The molecule has 4 heterocycles. The first-order valence-electron chi connectivity index (χ1n) is 12.2. The van der Waals surface area contributed by atoms with Gasteiger partial charge in [-0.3, -0.25) is 4.68 Å². The lowest BCUT2D eigenvalue weighted by atomic mass is 9.91. The molecule has 1 aliphatic heterocycles. The Hall–Kier alpha value is -3.63. The van der Waals surface area contributed by atoms with Crippen LogP contribution in [0.4, 0.5) is 10.2 Å². The van der Waals surface area contributed by atoms with Gasteiger partial charge in [0.25, 0.3) is 0 Å². The molecule has 194 valence electrons. The number of ether oxygens (including phenoxy) is 2. The number of nitrogens with one attached hydrogen (secondary N) is 1. The van der Waals surface area contributed by atoms with Crippen LogP contribution in [0.3, 0.4) is 0 Å². The predicted molar refractivity (Wildman–Crippen MR) is 141 cm³/mol. The number of aromatic nitrogens is 5. The second-order valence-electron chi connectivity index (χ2n) is 10.8. The van der Waals surface area contributed by atoms with Crippen LogP contribution in [0.1, 0.15) is 27.7 Å². The minimum absolute atomic E-state index is 0.0323. The number of aryl methyl sites for hydroxylation is 1. The number of pyridine rings is 1. The zero-order valence-electron chi connectivity index (χ0n) is 22.0. The van der Waals surface area contributed by atoms with Crippen molar-refractivity contribution in [2.45, 2.75) is 38.8 Å². The molecule has 0 aliphatic carbocycles. The number of hydrogen-bond donors (Lipinski definition) is 1. The number of halogens is 1. The van der Waals surface area contributed by atoms with Gasteiger partial charge in [0, 0.05) is 61.7 Å². The first-order valence-corrected chi connectivity index (χ1v) is 12.2. The van der Waals surface area contributed by atoms with Crippen molar-refractivity contribution in [3.63, 3.8) is 0 Å². The quantitative estimate of drug-likeness (QED) is 0.391. The van der Waals surface area contributed by atoms with Crippen LogP contribution in [-0.4, -0.2) is 63.0 Å². The number of fused-ring (bicyclic) bond motifs is 1. The van der Waals surface area contributed by atoms with Gasteiger partial charge in [0.1, 0.15) is 16.9 Å². The molecule has 0 bridgehead atoms. The molecule has 5 rings (SSSR count). The third-order valence-corrected chi connectivity index (χ3v) is 6.26. The molecule has 4 aromatic rings. The van der Waals surface area contributed by atoms with Crippen LogP contribution in [0.25, 0.3) is 33.4 Å². The molecule has 0 unspecified atom stereocenters. The largest absolute Gasteiger partial charge is 0.465 e. The Kier molecular flexibility index (Phi) is 6.33. The van der Waals surface area contributed by atoms with Crippen LogP contribution in [0.15, 0.2) is 42.7 Å². The Bertz CT molecular complexity index is 1420. The smallest absolute Gasteiger partial charge is 0.188 e. The van der Waals surface area contributed by atoms with Gasteiger partial charge in [-0.25, -0.2) is 9.37 Å². The maximum absolute atomic E-state index is 14.7. The van der Waals surface area contributed by atoms with E-state index in [0.717, 1.165) is 18.9 Å². The fraction of sp³-hybridized carbons (Fsp3) is 0.407. The molecule has 1 aromatic carbocycles. The third kappa shape index (κ3) is 5.26. The molecule has 1 aliphatic rings. The number of methoxy groups -OCH3 is 1. The number of benzene rings is 1. The maximum Gasteiger partial charge on any atom is 0.188 e. The Balaban J connectivity index is 1.47. The van der Waals surface area contributed by atoms with Crippen molar-refractivity contribution in [1.29, 1.82) is 0 Å². The summed E-state index contributed by atoms with van der Waals surface area (Å²) in [6.45, 7) is 10.4. The summed E-state index contributed by atoms with van der Waals surface area (Å²) in [7, 11) is 3.32. The third-order valence-electron chi connectivity index (χ3n) is 6.26. The van der Waals surface area contributed by atoms with Gasteiger partial charge in [-0.15, -0.1) is 10.2 Å². The van der Waals surface area contributed by atoms with Crippen molar-refractivity contribution in [2.24, 2.45) is 7.05 Å². The van der Waals surface area contributed by atoms with E-state index in [9.17, 15) is 4.39 Å². The van der Waals surface area contributed by atoms with Crippen molar-refractivity contribution >= 4 is 16.7 Å². The first kappa shape index (κ1) is 25.0. The van der Waals surface area contributed by atoms with Crippen molar-refractivity contribution in [3.05, 3.63) is 48.5 Å². The van der Waals surface area contributed by atoms with E-state index in [1.165, 1.54) is 6.07 Å². The topological polar surface area (TPSA) is 90.2 Å². The zero-order chi connectivity index (χ0) is 26.4. The van der Waals surface area contributed by atoms with Crippen LogP contribution in [0.5, 0.6) is 5.75 Å². The van der Waals surface area contributed by atoms with Gasteiger partial charge in [0.05, 0.1) is 0 Å². The predicted octanol–water partition coefficient (Wildman–Crippen LogP) is 4.18. The van der Waals surface area contributed by atoms with E-state index in [1.54, 1.807) is 31.2 Å². The van der Waals surface area contributed by atoms with Gasteiger partial charge in [-0.2, -0.15) is 5.10 Å². The molecule has 9 nitrogen and oxygen atoms in total. The molecular weight excluding hydrogens is 473 g/mol. The van der Waals surface area contributed by atoms with Gasteiger partial charge in [0.15, 0.2) is 24.2 Å². The molecule has 3 aromatic heterocycles. The van der Waals surface area contributed by atoms with Gasteiger partial charge in [-0.05, 0) is 63.6 Å². The van der Waals surface area contributed by atoms with E-state index in [0.29, 0.717) is 39.2 Å². The summed E-state index contributed by atoms with van der Waals surface area (Å²) in [6, 6.07) is 9.01. The fourth-order valence-corrected chi connectivity index (χ4v) is 5.19. The van der Waals surface area contributed by atoms with Crippen LogP contribution < -0.4 is 15.0 Å². The fourth-order valence-electron chi connectivity index (χ4n) is 5.19. The van der Waals surface area contributed by atoms with Crippen LogP contribution in [0.2, 0.25) is 0 Å². The van der Waals surface area contributed by atoms with Gasteiger partial charge >= 0.3 is 0 Å². The average Bonchev–Trinajstić information content (AvgIpc) is 3.21. The van der Waals surface area contributed by atoms with Crippen LogP contribution in [0, 0.1) is 5.82 Å². The van der Waals surface area contributed by atoms with E-state index in [-0.39, 0.29) is 17.9 Å². The minimum atomic E-state index is -0.391. The Morgan fingerprint density at radius 1 is 1.03 bits per heavy atom. The highest BCUT2D eigenvalue weighted by atomic mass is 19.1. The summed E-state index contributed by atoms with van der Waals surface area (Å²) >= 11 is 0. The number of hydrogen-bond acceptors (Lipinski definition) is 8. The normalized spacial score (nSPS) is 16.8. The highest BCUT2D eigenvalue weighted by Crippen LogP contribution is 2.34. The van der Waals surface area contributed by atoms with Crippen LogP contribution in [-0.2, 0) is 11.8 Å². The first-order chi connectivity index (χ1) is 17.5. The molecule has 0 atom stereocenters. The van der Waals surface area contributed by atoms with Crippen molar-refractivity contribution in [3.8, 4) is 28.3 Å². The second kappa shape index (κ2) is 9.35. The molecule has 1 fully saturated rings. The molecule has 0 spiro atoms. The van der Waals surface area contributed by atoms with Gasteiger partial charge < -0.3 is 19.7 Å². The average molecular weight is 506 g/mol. The lowest BCUT2D eigenvalue weighted by Crippen LogP contribution is -2.67. The van der Waals surface area contributed by atoms with Crippen LogP contribution >= 0.6 is 0 Å². The zero-order valence-corrected chi connectivity index (χ0v) is 22.0. The molecule has 1 saturated heterocycles. The number of nitrogens with zero attached hydrogens (tertiary/aromatic N) is 6. The minimum Gasteiger partial charge on any atom is -0.465 e. The number of rotatable bonds is 6. The lowest BCUT2D eigenvalue weighted by molar-refractivity contribution is 0.0513. The molecule has 0 radical (unpaired) electrons. The monoisotopic (exact) mass is 505 g/mol. The highest BCUT2D eigenvalue weighted by Gasteiger charge is 2.37. The van der Waals surface area contributed by atoms with Gasteiger partial charge in [-0.1, -0.05) is 0 Å². The molecular formula is C27H32FN7O2. The Morgan fingerprint density at radius 2 is 1.78 bits per heavy atom.